The number of pyridine rings is 1. The number of aromatic amines is 1. The SMILES string of the molecule is N#CC(=Cc1ccc(Oc2ccc([N+](=O)[O-])cn2)cc1)c1nc2ccccc2[nH]1. The highest BCUT2D eigenvalue weighted by atomic mass is 16.6. The monoisotopic (exact) mass is 383 g/mol. The van der Waals surface area contributed by atoms with Gasteiger partial charge in [-0.1, -0.05) is 24.3 Å². The minimum atomic E-state index is -0.521. The van der Waals surface area contributed by atoms with Crippen LogP contribution in [0.5, 0.6) is 11.6 Å². The van der Waals surface area contributed by atoms with E-state index in [1.165, 1.54) is 12.1 Å². The molecule has 0 amide bonds. The van der Waals surface area contributed by atoms with Crippen LogP contribution >= 0.6 is 0 Å². The van der Waals surface area contributed by atoms with Crippen LogP contribution in [0.2, 0.25) is 0 Å². The van der Waals surface area contributed by atoms with E-state index in [1.54, 1.807) is 30.3 Å². The molecule has 0 radical (unpaired) electrons. The second-order valence-corrected chi connectivity index (χ2v) is 6.06. The lowest BCUT2D eigenvalue weighted by molar-refractivity contribution is -0.385. The lowest BCUT2D eigenvalue weighted by Gasteiger charge is -2.04. The first-order valence-electron chi connectivity index (χ1n) is 8.58. The first-order chi connectivity index (χ1) is 14.1. The Balaban J connectivity index is 1.53. The molecule has 4 rings (SSSR count). The fourth-order valence-electron chi connectivity index (χ4n) is 2.69. The molecule has 2 aromatic heterocycles. The molecule has 0 saturated carbocycles. The first-order valence-corrected chi connectivity index (χ1v) is 8.58. The van der Waals surface area contributed by atoms with Gasteiger partial charge >= 0.3 is 0 Å². The van der Waals surface area contributed by atoms with Gasteiger partial charge < -0.3 is 9.72 Å². The molecule has 29 heavy (non-hydrogen) atoms. The van der Waals surface area contributed by atoms with Gasteiger partial charge in [0.25, 0.3) is 5.69 Å². The molecule has 2 heterocycles. The summed E-state index contributed by atoms with van der Waals surface area (Å²) >= 11 is 0. The number of nitrogens with zero attached hydrogens (tertiary/aromatic N) is 4. The molecular formula is C21H13N5O3. The highest BCUT2D eigenvalue weighted by Crippen LogP contribution is 2.24. The van der Waals surface area contributed by atoms with Crippen LogP contribution in [0.25, 0.3) is 22.7 Å². The molecule has 0 fully saturated rings. The Kier molecular flexibility index (Phi) is 4.70. The molecule has 0 aliphatic rings. The van der Waals surface area contributed by atoms with Crippen LogP contribution in [0.15, 0.2) is 66.9 Å². The quantitative estimate of drug-likeness (QED) is 0.303. The largest absolute Gasteiger partial charge is 0.439 e. The molecule has 0 unspecified atom stereocenters. The van der Waals surface area contributed by atoms with Gasteiger partial charge in [0.1, 0.15) is 23.8 Å². The molecule has 0 saturated heterocycles. The number of hydrogen-bond donors (Lipinski definition) is 1. The van der Waals surface area contributed by atoms with Crippen molar-refractivity contribution in [2.45, 2.75) is 0 Å². The number of fused-ring (bicyclic) bond motifs is 1. The van der Waals surface area contributed by atoms with Crippen molar-refractivity contribution in [1.82, 2.24) is 15.0 Å². The second kappa shape index (κ2) is 7.62. The number of para-hydroxylation sites is 2. The van der Waals surface area contributed by atoms with E-state index in [-0.39, 0.29) is 11.6 Å². The summed E-state index contributed by atoms with van der Waals surface area (Å²) < 4.78 is 5.59. The fraction of sp³-hybridized carbons (Fsp3) is 0. The topological polar surface area (TPSA) is 118 Å². The molecule has 0 aliphatic heterocycles. The number of benzene rings is 2. The van der Waals surface area contributed by atoms with Gasteiger partial charge in [-0.25, -0.2) is 9.97 Å². The van der Waals surface area contributed by atoms with Crippen LogP contribution in [-0.4, -0.2) is 19.9 Å². The van der Waals surface area contributed by atoms with Crippen LogP contribution in [-0.2, 0) is 0 Å². The van der Waals surface area contributed by atoms with Crippen molar-refractivity contribution in [3.8, 4) is 17.7 Å². The van der Waals surface area contributed by atoms with Gasteiger partial charge in [-0.15, -0.1) is 0 Å². The molecule has 0 bridgehead atoms. The Labute approximate surface area is 164 Å². The number of rotatable bonds is 5. The van der Waals surface area contributed by atoms with Crippen LogP contribution < -0.4 is 4.74 Å². The maximum atomic E-state index is 10.7. The smallest absolute Gasteiger partial charge is 0.287 e. The third-order valence-corrected chi connectivity index (χ3v) is 4.11. The lowest BCUT2D eigenvalue weighted by Crippen LogP contribution is -1.91. The fourth-order valence-corrected chi connectivity index (χ4v) is 2.69. The number of aromatic nitrogens is 3. The molecule has 140 valence electrons. The Morgan fingerprint density at radius 2 is 1.93 bits per heavy atom. The molecule has 0 aliphatic carbocycles. The van der Waals surface area contributed by atoms with Crippen molar-refractivity contribution in [3.05, 3.63) is 88.4 Å². The van der Waals surface area contributed by atoms with Crippen LogP contribution in [0.1, 0.15) is 11.4 Å². The van der Waals surface area contributed by atoms with E-state index in [0.29, 0.717) is 17.1 Å². The third kappa shape index (κ3) is 3.94. The van der Waals surface area contributed by atoms with Gasteiger partial charge in [-0.3, -0.25) is 10.1 Å². The zero-order valence-electron chi connectivity index (χ0n) is 14.9. The lowest BCUT2D eigenvalue weighted by atomic mass is 10.1. The molecule has 0 spiro atoms. The predicted molar refractivity (Wildman–Crippen MR) is 107 cm³/mol. The molecular weight excluding hydrogens is 370 g/mol. The molecule has 8 heteroatoms. The van der Waals surface area contributed by atoms with Gasteiger partial charge in [-0.2, -0.15) is 5.26 Å². The van der Waals surface area contributed by atoms with Crippen molar-refractivity contribution in [3.63, 3.8) is 0 Å². The summed E-state index contributed by atoms with van der Waals surface area (Å²) in [6, 6.07) is 19.5. The van der Waals surface area contributed by atoms with Crippen LogP contribution in [0.4, 0.5) is 5.69 Å². The summed E-state index contributed by atoms with van der Waals surface area (Å²) in [5.74, 6) is 1.27. The summed E-state index contributed by atoms with van der Waals surface area (Å²) in [5, 5.41) is 20.2. The van der Waals surface area contributed by atoms with Crippen LogP contribution in [0, 0.1) is 21.4 Å². The number of allylic oxidation sites excluding steroid dienone is 1. The number of hydrogen-bond acceptors (Lipinski definition) is 6. The van der Waals surface area contributed by atoms with Crippen molar-refractivity contribution in [2.75, 3.05) is 0 Å². The average molecular weight is 383 g/mol. The maximum absolute atomic E-state index is 10.7. The van der Waals surface area contributed by atoms with E-state index in [1.807, 2.05) is 24.3 Å². The normalized spacial score (nSPS) is 11.2. The average Bonchev–Trinajstić information content (AvgIpc) is 3.17. The van der Waals surface area contributed by atoms with Crippen molar-refractivity contribution in [2.24, 2.45) is 0 Å². The standard InChI is InChI=1S/C21H13N5O3/c22-12-15(21-24-18-3-1-2-4-19(18)25-21)11-14-5-8-17(9-6-14)29-20-10-7-16(13-23-20)26(27)28/h1-11,13H,(H,24,25). The van der Waals surface area contributed by atoms with Crippen molar-refractivity contribution in [1.29, 1.82) is 5.26 Å². The summed E-state index contributed by atoms with van der Waals surface area (Å²) in [5.41, 5.74) is 2.76. The van der Waals surface area contributed by atoms with E-state index in [4.69, 9.17) is 4.74 Å². The number of nitro groups is 1. The van der Waals surface area contributed by atoms with Gasteiger partial charge in [0.15, 0.2) is 0 Å². The minimum Gasteiger partial charge on any atom is -0.439 e. The summed E-state index contributed by atoms with van der Waals surface area (Å²) in [6.45, 7) is 0. The summed E-state index contributed by atoms with van der Waals surface area (Å²) in [6.07, 6.45) is 2.87. The third-order valence-electron chi connectivity index (χ3n) is 4.11. The first kappa shape index (κ1) is 17.9. The minimum absolute atomic E-state index is 0.104. The number of nitrogens with one attached hydrogen (secondary N) is 1. The van der Waals surface area contributed by atoms with E-state index in [2.05, 4.69) is 21.0 Å². The molecule has 8 nitrogen and oxygen atoms in total. The number of nitriles is 1. The highest BCUT2D eigenvalue weighted by Gasteiger charge is 2.09. The Bertz CT molecular complexity index is 1220. The van der Waals surface area contributed by atoms with Crippen molar-refractivity contribution < 1.29 is 9.66 Å². The van der Waals surface area contributed by atoms with E-state index in [9.17, 15) is 15.4 Å². The summed E-state index contributed by atoms with van der Waals surface area (Å²) in [7, 11) is 0. The second-order valence-electron chi connectivity index (χ2n) is 6.06. The summed E-state index contributed by atoms with van der Waals surface area (Å²) in [4.78, 5) is 21.6. The predicted octanol–water partition coefficient (Wildman–Crippen LogP) is 4.72. The zero-order chi connectivity index (χ0) is 20.2. The van der Waals surface area contributed by atoms with Gasteiger partial charge in [0.05, 0.1) is 21.5 Å². The van der Waals surface area contributed by atoms with E-state index >= 15 is 0 Å². The van der Waals surface area contributed by atoms with Gasteiger partial charge in [0.2, 0.25) is 5.88 Å². The van der Waals surface area contributed by atoms with Gasteiger partial charge in [-0.05, 0) is 35.9 Å². The van der Waals surface area contributed by atoms with Crippen LogP contribution in [0.3, 0.4) is 0 Å². The number of H-pyrrole nitrogens is 1. The Morgan fingerprint density at radius 3 is 2.59 bits per heavy atom. The molecule has 2 aromatic carbocycles. The van der Waals surface area contributed by atoms with Crippen molar-refractivity contribution >= 4 is 28.4 Å². The van der Waals surface area contributed by atoms with E-state index < -0.39 is 4.92 Å². The maximum Gasteiger partial charge on any atom is 0.287 e. The number of ether oxygens (including phenoxy) is 1. The Hall–Kier alpha value is -4.51. The Morgan fingerprint density at radius 1 is 1.14 bits per heavy atom. The van der Waals surface area contributed by atoms with Gasteiger partial charge in [0, 0.05) is 12.1 Å². The zero-order valence-corrected chi connectivity index (χ0v) is 14.9. The van der Waals surface area contributed by atoms with E-state index in [0.717, 1.165) is 22.8 Å². The number of imidazole rings is 1. The highest BCUT2D eigenvalue weighted by molar-refractivity contribution is 5.90. The molecule has 0 atom stereocenters. The molecule has 4 aromatic rings. The molecule has 1 N–H and O–H groups in total.